The summed E-state index contributed by atoms with van der Waals surface area (Å²) in [5, 5.41) is 11.8. The summed E-state index contributed by atoms with van der Waals surface area (Å²) in [6.07, 6.45) is -3.59. The fraction of sp³-hybridized carbons (Fsp3) is 0.500. The molecule has 3 rings (SSSR count). The molecule has 2 aromatic rings. The van der Waals surface area contributed by atoms with E-state index in [0.717, 1.165) is 10.8 Å². The number of carbonyl (C=O) groups is 2. The molecule has 1 saturated heterocycles. The molecule has 1 fully saturated rings. The second kappa shape index (κ2) is 26.2. The molecule has 2 amide bonds. The van der Waals surface area contributed by atoms with E-state index in [4.69, 9.17) is 45.0 Å². The maximum Gasteiger partial charge on any atom is 0.479 e. The maximum absolute atomic E-state index is 12.7. The highest BCUT2D eigenvalue weighted by molar-refractivity contribution is 7.56. The van der Waals surface area contributed by atoms with E-state index in [0.29, 0.717) is 17.9 Å². The summed E-state index contributed by atoms with van der Waals surface area (Å²) in [5.74, 6) is 4.47. The number of hydrogen-bond acceptors (Lipinski definition) is 19. The van der Waals surface area contributed by atoms with Gasteiger partial charge < -0.3 is 44.9 Å². The van der Waals surface area contributed by atoms with Crippen LogP contribution in [0.5, 0.6) is 5.75 Å². The van der Waals surface area contributed by atoms with Crippen LogP contribution in [-0.4, -0.2) is 104 Å². The SMILES string of the molecule is [N-]=[N+]=NCOC1CC(n2cc(C#CCNC(=O)COCCOC(COc3cccc(C(=O)NCCN)c3)N=[N+]=[N-])c(=O)[nH]c2=O)OC1COP(=O)(O)O[PH](=O)OOP=O. The molecular formula is C28H36N11O17P3. The van der Waals surface area contributed by atoms with Crippen LogP contribution in [0.15, 0.2) is 50.3 Å². The molecule has 1 aromatic carbocycles. The number of nitrogens with one attached hydrogen (secondary N) is 3. The van der Waals surface area contributed by atoms with Gasteiger partial charge in [-0.05, 0) is 29.3 Å². The summed E-state index contributed by atoms with van der Waals surface area (Å²) < 4.78 is 79.1. The Kier molecular flexibility index (Phi) is 21.4. The molecule has 6 atom stereocenters. The van der Waals surface area contributed by atoms with E-state index in [1.807, 2.05) is 0 Å². The van der Waals surface area contributed by atoms with Crippen molar-refractivity contribution in [3.8, 4) is 17.6 Å². The Hall–Kier alpha value is -5.02. The number of aromatic nitrogens is 2. The van der Waals surface area contributed by atoms with Gasteiger partial charge in [-0.25, -0.2) is 18.2 Å². The topological polar surface area (TPSA) is 391 Å². The Bertz CT molecular complexity index is 2100. The molecule has 320 valence electrons. The number of phosphoric ester groups is 1. The number of nitrogens with two attached hydrogens (primary N) is 1. The van der Waals surface area contributed by atoms with Gasteiger partial charge in [-0.2, -0.15) is 0 Å². The average molecular weight is 892 g/mol. The normalized spacial score (nSPS) is 17.9. The lowest BCUT2D eigenvalue weighted by atomic mass is 10.2. The van der Waals surface area contributed by atoms with Gasteiger partial charge in [0.1, 0.15) is 43.6 Å². The molecule has 6 N–H and O–H groups in total. The van der Waals surface area contributed by atoms with Gasteiger partial charge in [-0.15, -0.1) is 9.35 Å². The molecule has 0 bridgehead atoms. The van der Waals surface area contributed by atoms with Crippen molar-refractivity contribution in [1.29, 1.82) is 0 Å². The van der Waals surface area contributed by atoms with Crippen molar-refractivity contribution in [2.24, 2.45) is 16.0 Å². The molecular weight excluding hydrogens is 855 g/mol. The first-order valence-corrected chi connectivity index (χ1v) is 20.1. The number of H-pyrrole nitrogens is 1. The van der Waals surface area contributed by atoms with Crippen molar-refractivity contribution >= 4 is 36.6 Å². The lowest BCUT2D eigenvalue weighted by Crippen LogP contribution is -2.34. The van der Waals surface area contributed by atoms with Crippen molar-refractivity contribution in [1.82, 2.24) is 20.2 Å². The molecule has 28 nitrogen and oxygen atoms in total. The van der Waals surface area contributed by atoms with Crippen molar-refractivity contribution in [3.63, 3.8) is 0 Å². The molecule has 0 aliphatic carbocycles. The molecule has 2 heterocycles. The van der Waals surface area contributed by atoms with E-state index in [1.54, 1.807) is 18.2 Å². The van der Waals surface area contributed by atoms with Gasteiger partial charge >= 0.3 is 30.5 Å². The number of phosphoric acid groups is 1. The number of rotatable bonds is 26. The number of carbonyl (C=O) groups excluding carboxylic acids is 2. The summed E-state index contributed by atoms with van der Waals surface area (Å²) in [6.45, 7) is -1.72. The van der Waals surface area contributed by atoms with E-state index in [-0.39, 0.29) is 50.8 Å². The number of benzene rings is 1. The fourth-order valence-electron chi connectivity index (χ4n) is 4.58. The minimum atomic E-state index is -5.07. The van der Waals surface area contributed by atoms with Crippen molar-refractivity contribution in [2.75, 3.05) is 59.4 Å². The van der Waals surface area contributed by atoms with Crippen LogP contribution in [0.2, 0.25) is 0 Å². The monoisotopic (exact) mass is 891 g/mol. The predicted molar refractivity (Wildman–Crippen MR) is 197 cm³/mol. The quantitative estimate of drug-likeness (QED) is 0.0129. The standard InChI is InChI=1S/C28H36N11O17P3/c29-6-8-33-26(41)18-3-1-5-20(11-18)50-16-24(36-38-31)49-10-9-48-15-23(40)32-7-2-4-19-13-39(28(43)35-27(19)42)25-12-21(51-17-34-37-30)22(53-25)14-52-59(46,47)56-58(45)55-54-57-44/h1,3,5,11,13,21-22,24-25,58H,6-10,12,14-17,29H2,(H,32,40)(H,33,41)(H,46,47)(H,35,42,43). The van der Waals surface area contributed by atoms with Gasteiger partial charge in [0.2, 0.25) is 5.91 Å². The molecule has 0 saturated carbocycles. The van der Waals surface area contributed by atoms with Crippen molar-refractivity contribution in [3.05, 3.63) is 83.3 Å². The van der Waals surface area contributed by atoms with Crippen LogP contribution in [0.25, 0.3) is 20.9 Å². The van der Waals surface area contributed by atoms with Gasteiger partial charge in [0.15, 0.2) is 6.23 Å². The summed E-state index contributed by atoms with van der Waals surface area (Å²) in [5.41, 5.74) is 21.2. The summed E-state index contributed by atoms with van der Waals surface area (Å²) in [7, 11) is -9.91. The first-order chi connectivity index (χ1) is 28.4. The average Bonchev–Trinajstić information content (AvgIpc) is 3.62. The van der Waals surface area contributed by atoms with Crippen LogP contribution < -0.4 is 32.4 Å². The third kappa shape index (κ3) is 17.8. The van der Waals surface area contributed by atoms with Gasteiger partial charge in [0.05, 0.1) is 32.5 Å². The molecule has 6 unspecified atom stereocenters. The molecule has 0 radical (unpaired) electrons. The van der Waals surface area contributed by atoms with E-state index >= 15 is 0 Å². The molecule has 1 aromatic heterocycles. The maximum atomic E-state index is 12.7. The van der Waals surface area contributed by atoms with Gasteiger partial charge in [-0.3, -0.25) is 33.0 Å². The Morgan fingerprint density at radius 2 is 2.07 bits per heavy atom. The largest absolute Gasteiger partial charge is 0.491 e. The molecule has 59 heavy (non-hydrogen) atoms. The molecule has 1 aliphatic heterocycles. The lowest BCUT2D eigenvalue weighted by molar-refractivity contribution is -0.126. The van der Waals surface area contributed by atoms with E-state index in [1.165, 1.54) is 6.07 Å². The highest BCUT2D eigenvalue weighted by Gasteiger charge is 2.40. The molecule has 31 heteroatoms. The first-order valence-electron chi connectivity index (χ1n) is 16.6. The zero-order chi connectivity index (χ0) is 43.0. The van der Waals surface area contributed by atoms with Crippen LogP contribution >= 0.6 is 24.8 Å². The van der Waals surface area contributed by atoms with Gasteiger partial charge in [0, 0.05) is 41.1 Å². The van der Waals surface area contributed by atoms with Crippen LogP contribution in [0.3, 0.4) is 0 Å². The number of azide groups is 2. The third-order valence-corrected chi connectivity index (χ3v) is 9.55. The first kappa shape index (κ1) is 48.3. The van der Waals surface area contributed by atoms with Crippen molar-refractivity contribution < 1.29 is 70.0 Å². The minimum Gasteiger partial charge on any atom is -0.491 e. The minimum absolute atomic E-state index is 0.0829. The smallest absolute Gasteiger partial charge is 0.479 e. The Morgan fingerprint density at radius 3 is 2.81 bits per heavy atom. The number of hydrogen-bond donors (Lipinski definition) is 5. The van der Waals surface area contributed by atoms with Crippen LogP contribution in [-0.2, 0) is 55.6 Å². The summed E-state index contributed by atoms with van der Waals surface area (Å²) >= 11 is 0. The number of nitrogens with zero attached hydrogens (tertiary/aromatic N) is 7. The molecule has 0 spiro atoms. The Balaban J connectivity index is 1.49. The Morgan fingerprint density at radius 1 is 1.25 bits per heavy atom. The highest BCUT2D eigenvalue weighted by atomic mass is 31.2. The molecule has 1 aliphatic rings. The summed E-state index contributed by atoms with van der Waals surface area (Å²) in [4.78, 5) is 66.7. The third-order valence-electron chi connectivity index (χ3n) is 7.06. The van der Waals surface area contributed by atoms with E-state index in [2.05, 4.69) is 61.2 Å². The second-order valence-electron chi connectivity index (χ2n) is 11.0. The lowest BCUT2D eigenvalue weighted by Gasteiger charge is -2.19. The van der Waals surface area contributed by atoms with Crippen LogP contribution in [0.4, 0.5) is 0 Å². The second-order valence-corrected chi connectivity index (χ2v) is 13.9. The van der Waals surface area contributed by atoms with E-state index < -0.39 is 86.5 Å². The zero-order valence-corrected chi connectivity index (χ0v) is 33.1. The predicted octanol–water partition coefficient (Wildman–Crippen LogP) is 1.06. The van der Waals surface area contributed by atoms with Gasteiger partial charge in [-0.1, -0.05) is 28.1 Å². The Labute approximate surface area is 333 Å². The van der Waals surface area contributed by atoms with Crippen molar-refractivity contribution in [2.45, 2.75) is 31.1 Å². The van der Waals surface area contributed by atoms with Crippen LogP contribution in [0, 0.1) is 11.8 Å². The number of aromatic amines is 1. The fourth-order valence-corrected chi connectivity index (χ4v) is 6.37. The van der Waals surface area contributed by atoms with Crippen LogP contribution in [0.1, 0.15) is 28.6 Å². The van der Waals surface area contributed by atoms with Gasteiger partial charge in [0.25, 0.3) is 11.5 Å². The zero-order valence-electron chi connectivity index (χ0n) is 30.3. The van der Waals surface area contributed by atoms with E-state index in [9.17, 15) is 37.8 Å². The highest BCUT2D eigenvalue weighted by Crippen LogP contribution is 2.53. The number of amides is 2. The summed E-state index contributed by atoms with van der Waals surface area (Å²) in [6, 6.07) is 6.28. The number of ether oxygens (including phenoxy) is 5.